The van der Waals surface area contributed by atoms with Gasteiger partial charge in [-0.3, -0.25) is 14.5 Å². The molecule has 3 unspecified atom stereocenters. The van der Waals surface area contributed by atoms with Crippen molar-refractivity contribution in [3.8, 4) is 0 Å². The lowest BCUT2D eigenvalue weighted by molar-refractivity contribution is 0.00852. The minimum absolute atomic E-state index is 0.0233. The fourth-order valence-corrected chi connectivity index (χ4v) is 7.35. The first kappa shape index (κ1) is 24.8. The molecule has 4 aliphatic rings. The predicted molar refractivity (Wildman–Crippen MR) is 154 cm³/mol. The average Bonchev–Trinajstić information content (AvgIpc) is 3.65. The van der Waals surface area contributed by atoms with Crippen LogP contribution in [-0.4, -0.2) is 76.8 Å². The van der Waals surface area contributed by atoms with Crippen LogP contribution in [-0.2, 0) is 0 Å². The molecule has 1 aliphatic carbocycles. The Hall–Kier alpha value is -3.20. The molecule has 3 aliphatic heterocycles. The third-order valence-electron chi connectivity index (χ3n) is 8.70. The Morgan fingerprint density at radius 3 is 2.62 bits per heavy atom. The summed E-state index contributed by atoms with van der Waals surface area (Å²) in [5, 5.41) is 6.89. The standard InChI is InChI=1S/C30H30ClN5O2S/c31-21-4-1-3-19(15-21)27-24-6-2-5-23(24)25-16-20(7-8-26(25)33-27)29(37)36-17-22(18-36)34-10-12-35(13-11-34)30(38)28-32-9-14-39-28/h1-5,7-9,14-16,22-24,27,33H,6,10-13,17-18H2. The number of allylic oxidation sites excluding steroid dienone is 2. The van der Waals surface area contributed by atoms with Gasteiger partial charge in [-0.05, 0) is 53.8 Å². The van der Waals surface area contributed by atoms with Crippen molar-refractivity contribution in [2.45, 2.75) is 24.4 Å². The summed E-state index contributed by atoms with van der Waals surface area (Å²) < 4.78 is 0. The number of thiazole rings is 1. The zero-order valence-electron chi connectivity index (χ0n) is 21.5. The minimum Gasteiger partial charge on any atom is -0.378 e. The van der Waals surface area contributed by atoms with Crippen molar-refractivity contribution in [3.05, 3.63) is 92.9 Å². The number of piperazine rings is 1. The zero-order valence-corrected chi connectivity index (χ0v) is 23.1. The summed E-state index contributed by atoms with van der Waals surface area (Å²) in [7, 11) is 0. The van der Waals surface area contributed by atoms with E-state index in [9.17, 15) is 9.59 Å². The van der Waals surface area contributed by atoms with Gasteiger partial charge in [0.2, 0.25) is 0 Å². The quantitative estimate of drug-likeness (QED) is 0.460. The number of fused-ring (bicyclic) bond motifs is 3. The molecule has 0 saturated carbocycles. The van der Waals surface area contributed by atoms with E-state index in [-0.39, 0.29) is 23.8 Å². The Morgan fingerprint density at radius 1 is 1.00 bits per heavy atom. The molecule has 0 spiro atoms. The molecule has 7 rings (SSSR count). The lowest BCUT2D eigenvalue weighted by Gasteiger charge is -2.48. The van der Waals surface area contributed by atoms with Crippen molar-refractivity contribution in [2.75, 3.05) is 44.6 Å². The Bertz CT molecular complexity index is 1430. The van der Waals surface area contributed by atoms with Crippen molar-refractivity contribution >= 4 is 40.4 Å². The highest BCUT2D eigenvalue weighted by Crippen LogP contribution is 2.50. The second kappa shape index (κ2) is 10.1. The van der Waals surface area contributed by atoms with E-state index in [0.717, 1.165) is 48.9 Å². The molecule has 2 saturated heterocycles. The molecule has 200 valence electrons. The Balaban J connectivity index is 0.991. The van der Waals surface area contributed by atoms with Crippen molar-refractivity contribution in [2.24, 2.45) is 5.92 Å². The van der Waals surface area contributed by atoms with Crippen molar-refractivity contribution < 1.29 is 9.59 Å². The van der Waals surface area contributed by atoms with Gasteiger partial charge in [0.15, 0.2) is 5.01 Å². The van der Waals surface area contributed by atoms with Crippen LogP contribution in [0.3, 0.4) is 0 Å². The second-order valence-corrected chi connectivity index (χ2v) is 12.2. The van der Waals surface area contributed by atoms with Crippen LogP contribution in [0, 0.1) is 5.92 Å². The van der Waals surface area contributed by atoms with Gasteiger partial charge >= 0.3 is 0 Å². The summed E-state index contributed by atoms with van der Waals surface area (Å²) in [5.41, 5.74) is 4.26. The first-order valence-corrected chi connectivity index (χ1v) is 14.9. The molecule has 0 radical (unpaired) electrons. The molecular formula is C30H30ClN5O2S. The van der Waals surface area contributed by atoms with E-state index < -0.39 is 0 Å². The van der Waals surface area contributed by atoms with Gasteiger partial charge < -0.3 is 15.1 Å². The van der Waals surface area contributed by atoms with Gasteiger partial charge in [0, 0.05) is 79.1 Å². The number of carbonyl (C=O) groups is 2. The van der Waals surface area contributed by atoms with E-state index in [2.05, 4.69) is 51.6 Å². The molecule has 7 nitrogen and oxygen atoms in total. The van der Waals surface area contributed by atoms with Crippen LogP contribution in [0.25, 0.3) is 0 Å². The highest BCUT2D eigenvalue weighted by atomic mass is 35.5. The SMILES string of the molecule is O=C(c1ccc2c(c1)C1C=CCC1C(c1cccc(Cl)c1)N2)N1CC(N2CCN(C(=O)c3nccs3)CC2)C1. The number of halogens is 1. The number of aromatic nitrogens is 1. The Labute approximate surface area is 237 Å². The Kier molecular flexibility index (Phi) is 6.41. The minimum atomic E-state index is 0.0233. The zero-order chi connectivity index (χ0) is 26.5. The first-order chi connectivity index (χ1) is 19.0. The van der Waals surface area contributed by atoms with Crippen LogP contribution in [0.5, 0.6) is 0 Å². The van der Waals surface area contributed by atoms with Gasteiger partial charge in [-0.2, -0.15) is 0 Å². The van der Waals surface area contributed by atoms with Gasteiger partial charge in [-0.25, -0.2) is 4.98 Å². The molecule has 2 fully saturated rings. The van der Waals surface area contributed by atoms with E-state index in [0.29, 0.717) is 30.1 Å². The molecule has 9 heteroatoms. The van der Waals surface area contributed by atoms with E-state index in [1.54, 1.807) is 6.20 Å². The van der Waals surface area contributed by atoms with Crippen molar-refractivity contribution in [1.29, 1.82) is 0 Å². The third kappa shape index (κ3) is 4.54. The molecule has 1 N–H and O–H groups in total. The molecule has 1 aromatic heterocycles. The monoisotopic (exact) mass is 559 g/mol. The van der Waals surface area contributed by atoms with Crippen molar-refractivity contribution in [1.82, 2.24) is 19.7 Å². The van der Waals surface area contributed by atoms with Crippen LogP contribution in [0.2, 0.25) is 5.02 Å². The van der Waals surface area contributed by atoms with Gasteiger partial charge in [-0.1, -0.05) is 35.9 Å². The largest absolute Gasteiger partial charge is 0.378 e. The average molecular weight is 560 g/mol. The highest BCUT2D eigenvalue weighted by Gasteiger charge is 2.40. The van der Waals surface area contributed by atoms with Gasteiger partial charge in [0.25, 0.3) is 11.8 Å². The summed E-state index contributed by atoms with van der Waals surface area (Å²) in [4.78, 5) is 36.4. The molecule has 3 atom stereocenters. The predicted octanol–water partition coefficient (Wildman–Crippen LogP) is 4.91. The van der Waals surface area contributed by atoms with E-state index in [1.165, 1.54) is 22.5 Å². The number of likely N-dealkylation sites (tertiary alicyclic amines) is 1. The lowest BCUT2D eigenvalue weighted by atomic mass is 9.76. The normalized spacial score (nSPS) is 24.6. The van der Waals surface area contributed by atoms with E-state index in [1.807, 2.05) is 33.4 Å². The molecule has 2 aromatic carbocycles. The van der Waals surface area contributed by atoms with E-state index in [4.69, 9.17) is 11.6 Å². The van der Waals surface area contributed by atoms with Crippen LogP contribution >= 0.6 is 22.9 Å². The number of rotatable bonds is 4. The molecule has 4 heterocycles. The Morgan fingerprint density at radius 2 is 1.85 bits per heavy atom. The van der Waals surface area contributed by atoms with Crippen LogP contribution < -0.4 is 5.32 Å². The molecular weight excluding hydrogens is 530 g/mol. The number of anilines is 1. The van der Waals surface area contributed by atoms with Crippen LogP contribution in [0.15, 0.2) is 66.2 Å². The fraction of sp³-hybridized carbons (Fsp3) is 0.367. The molecule has 2 amide bonds. The maximum atomic E-state index is 13.4. The lowest BCUT2D eigenvalue weighted by Crippen LogP contribution is -2.64. The number of hydrogen-bond acceptors (Lipinski definition) is 6. The fourth-order valence-electron chi connectivity index (χ4n) is 6.55. The second-order valence-electron chi connectivity index (χ2n) is 10.9. The summed E-state index contributed by atoms with van der Waals surface area (Å²) in [5.74, 6) is 0.804. The van der Waals surface area contributed by atoms with Gasteiger partial charge in [0.1, 0.15) is 0 Å². The maximum Gasteiger partial charge on any atom is 0.282 e. The number of nitrogens with zero attached hydrogens (tertiary/aromatic N) is 4. The van der Waals surface area contributed by atoms with Gasteiger partial charge in [0.05, 0.1) is 6.04 Å². The number of carbonyl (C=O) groups excluding carboxylic acids is 2. The van der Waals surface area contributed by atoms with Crippen molar-refractivity contribution in [3.63, 3.8) is 0 Å². The maximum absolute atomic E-state index is 13.4. The van der Waals surface area contributed by atoms with Crippen LogP contribution in [0.1, 0.15) is 49.7 Å². The van der Waals surface area contributed by atoms with E-state index >= 15 is 0 Å². The summed E-state index contributed by atoms with van der Waals surface area (Å²) in [6, 6.07) is 14.8. The smallest absolute Gasteiger partial charge is 0.282 e. The first-order valence-electron chi connectivity index (χ1n) is 13.6. The number of amides is 2. The number of nitrogens with one attached hydrogen (secondary N) is 1. The summed E-state index contributed by atoms with van der Waals surface area (Å²) in [6.07, 6.45) is 7.24. The summed E-state index contributed by atoms with van der Waals surface area (Å²) in [6.45, 7) is 4.53. The number of benzene rings is 2. The number of hydrogen-bond donors (Lipinski definition) is 1. The topological polar surface area (TPSA) is 68.8 Å². The molecule has 0 bridgehead atoms. The van der Waals surface area contributed by atoms with Gasteiger partial charge in [-0.15, -0.1) is 11.3 Å². The molecule has 39 heavy (non-hydrogen) atoms. The third-order valence-corrected chi connectivity index (χ3v) is 9.70. The van der Waals surface area contributed by atoms with Crippen LogP contribution in [0.4, 0.5) is 5.69 Å². The highest BCUT2D eigenvalue weighted by molar-refractivity contribution is 7.11. The summed E-state index contributed by atoms with van der Waals surface area (Å²) >= 11 is 7.69. The molecule has 3 aromatic rings.